The van der Waals surface area contributed by atoms with Crippen LogP contribution in [-0.2, 0) is 95.2 Å². The summed E-state index contributed by atoms with van der Waals surface area (Å²) < 4.78 is 316. The van der Waals surface area contributed by atoms with Gasteiger partial charge in [0.2, 0.25) is 29.4 Å². The average Bonchev–Trinajstić information content (AvgIpc) is 0.748. The Morgan fingerprint density at radius 3 is 1.22 bits per heavy atom. The number of hydrazone groups is 2. The van der Waals surface area contributed by atoms with Crippen LogP contribution in [0, 0.1) is 0 Å². The smallest absolute Gasteiger partial charge is 0.397 e. The lowest BCUT2D eigenvalue weighted by molar-refractivity contribution is 0.105. The van der Waals surface area contributed by atoms with Gasteiger partial charge in [-0.3, -0.25) is 56.9 Å². The van der Waals surface area contributed by atoms with E-state index < -0.39 is 246 Å². The zero-order valence-electron chi connectivity index (χ0n) is 52.8. The van der Waals surface area contributed by atoms with Gasteiger partial charge in [-0.1, -0.05) is 60.7 Å². The van der Waals surface area contributed by atoms with Crippen molar-refractivity contribution in [1.82, 2.24) is 15.0 Å². The fraction of sp³-hybridized carbons (Fsp3) is 0.0351. The van der Waals surface area contributed by atoms with Gasteiger partial charge in [-0.05, 0) is 107 Å². The molecule has 0 spiro atoms. The first-order valence-electron chi connectivity index (χ1n) is 28.8. The maximum atomic E-state index is 15.0. The van der Waals surface area contributed by atoms with E-state index in [1.807, 2.05) is 0 Å². The molecule has 42 nitrogen and oxygen atoms in total. The second-order valence-corrected chi connectivity index (χ2v) is 35.1. The number of sulfone groups is 1. The van der Waals surface area contributed by atoms with Crippen molar-refractivity contribution in [2.75, 3.05) is 44.9 Å². The molecule has 1 heterocycles. The maximum Gasteiger partial charge on any atom is 0.397 e. The molecule has 2 aliphatic carbocycles. The number of benzene rings is 8. The highest BCUT2D eigenvalue weighted by atomic mass is 32.3. The number of allylic oxidation sites excluding steroid dienone is 2. The maximum absolute atomic E-state index is 15.0. The number of anilines is 9. The molecule has 0 saturated carbocycles. The zero-order valence-corrected chi connectivity index (χ0v) is 60.2. The van der Waals surface area contributed by atoms with Crippen molar-refractivity contribution in [3.05, 3.63) is 166 Å². The van der Waals surface area contributed by atoms with Gasteiger partial charge >= 0.3 is 10.4 Å². The van der Waals surface area contributed by atoms with Crippen LogP contribution in [0.3, 0.4) is 0 Å². The number of hydrogen-bond donors (Lipinski definition) is 14. The van der Waals surface area contributed by atoms with E-state index in [4.69, 9.17) is 10.3 Å². The molecule has 0 saturated heterocycles. The molecule has 11 rings (SSSR count). The van der Waals surface area contributed by atoms with E-state index in [0.717, 1.165) is 42.5 Å². The van der Waals surface area contributed by atoms with Crippen molar-refractivity contribution < 1.29 is 126 Å². The number of nitrogens with zero attached hydrogens (tertiary/aromatic N) is 7. The molecule has 51 heteroatoms. The van der Waals surface area contributed by atoms with Gasteiger partial charge in [0.15, 0.2) is 21.3 Å². The quantitative estimate of drug-likeness (QED) is 0.0142. The zero-order chi connectivity index (χ0) is 79.0. The number of aromatic nitrogens is 3. The van der Waals surface area contributed by atoms with Gasteiger partial charge in [0.05, 0.1) is 78.0 Å². The Morgan fingerprint density at radius 2 is 0.833 bits per heavy atom. The molecule has 0 fully saturated rings. The lowest BCUT2D eigenvalue weighted by Crippen LogP contribution is -2.28. The normalized spacial score (nSPS) is 14.9. The molecule has 2 aliphatic rings. The van der Waals surface area contributed by atoms with Crippen LogP contribution >= 0.6 is 0 Å². The van der Waals surface area contributed by atoms with E-state index >= 15 is 9.59 Å². The van der Waals surface area contributed by atoms with Crippen molar-refractivity contribution in [3.63, 3.8) is 0 Å². The van der Waals surface area contributed by atoms with Gasteiger partial charge in [-0.25, -0.2) is 12.6 Å². The number of carbonyl (C=O) groups is 2. The number of rotatable bonds is 24. The van der Waals surface area contributed by atoms with E-state index in [1.165, 1.54) is 60.7 Å². The summed E-state index contributed by atoms with van der Waals surface area (Å²) in [6, 6.07) is 22.9. The molecule has 0 amide bonds. The number of nitrogen functional groups attached to an aromatic ring is 1. The van der Waals surface area contributed by atoms with Gasteiger partial charge in [-0.15, -0.1) is 5.11 Å². The minimum atomic E-state index is -5.70. The SMILES string of the molecule is Nc1cc(Nc2nc(Nc3cc(S(=O)(=O)O)cc4c3C(=O)/C(=N\Nc3ccc5ccccc5c3S(=O)(=O)O)C(S(=O)(=O)O)=C4)nc(Nc3cc(S(=O)(=O)O)cc4c3C(=O)/C(=N\Nc3ccc5ccccc5c3S(=O)(=O)O)C(S(=O)(=O)O)=C4)n2)c(/N=N/c2ccc(S(=O)(=O)CCOS(=O)(=O)O)cc2)cc1S(=O)(=O)O. The largest absolute Gasteiger partial charge is 0.398 e. The molecule has 0 aliphatic heterocycles. The average molecular weight is 1660 g/mol. The Hall–Kier alpha value is -11.0. The standard InChI is InChI=1S/C57H43N13O29S9/c58-37-25-40(41(26-44(37)103(81,82)83)68-65-31-11-13-32(14-12-31)100(73,74)18-17-99-108(96,97)98)59-55-62-56(60-42-23-33(101(75,76)77)19-29-21-45(104(84,85)86)49(51(71)47(29)42)69-66-38-15-9-27-5-1-3-7-35(27)53(38)106(90,91)92)64-57(63-55)61-43-24-34(102(78,79)80)20-30-22-46(105(87,88)89)50(52(72)48(30)43)70-67-39-16-10-28-6-2-4-8-36(28)54(39)107(93,94)95/h1-16,19-26,66-67H,17-18,58H2,(H,75,76,77)(H,78,79,80)(H,81,82,83)(H,84,85,86)(H,87,88,89)(H,90,91,92)(H,93,94,95)(H,96,97,98)(H3,59,60,61,62,63,64)/b68-65+,69-49-,70-50-. The lowest BCUT2D eigenvalue weighted by Gasteiger charge is -2.22. The number of azo groups is 1. The molecule has 0 atom stereocenters. The molecule has 0 unspecified atom stereocenters. The summed E-state index contributed by atoms with van der Waals surface area (Å²) >= 11 is 0. The highest BCUT2D eigenvalue weighted by Gasteiger charge is 2.39. The van der Waals surface area contributed by atoms with Crippen molar-refractivity contribution >= 4 is 211 Å². The summed E-state index contributed by atoms with van der Waals surface area (Å²) in [6.07, 6.45) is 0.881. The summed E-state index contributed by atoms with van der Waals surface area (Å²) in [4.78, 5) is 34.1. The molecule has 0 radical (unpaired) electrons. The van der Waals surface area contributed by atoms with Gasteiger partial charge in [0.1, 0.15) is 30.2 Å². The van der Waals surface area contributed by atoms with E-state index in [9.17, 15) is 108 Å². The molecule has 108 heavy (non-hydrogen) atoms. The first-order chi connectivity index (χ1) is 50.0. The summed E-state index contributed by atoms with van der Waals surface area (Å²) in [5.41, 5.74) is -1.01. The summed E-state index contributed by atoms with van der Waals surface area (Å²) in [6.45, 7) is -1.02. The fourth-order valence-electron chi connectivity index (χ4n) is 10.5. The number of Topliss-reactive ketones (excluding diaryl/α,β-unsaturated/α-hetero) is 2. The molecule has 15 N–H and O–H groups in total. The molecule has 9 aromatic rings. The van der Waals surface area contributed by atoms with E-state index in [-0.39, 0.29) is 27.2 Å². The van der Waals surface area contributed by atoms with Crippen LogP contribution < -0.4 is 32.5 Å². The number of nitrogens with one attached hydrogen (secondary N) is 5. The third-order valence-corrected chi connectivity index (χ3v) is 23.4. The summed E-state index contributed by atoms with van der Waals surface area (Å²) in [5, 5.41) is 23.1. The summed E-state index contributed by atoms with van der Waals surface area (Å²) in [7, 11) is -47.6. The van der Waals surface area contributed by atoms with Crippen LogP contribution in [0.4, 0.5) is 63.3 Å². The van der Waals surface area contributed by atoms with Crippen molar-refractivity contribution in [3.8, 4) is 0 Å². The number of ketones is 2. The fourth-order valence-corrected chi connectivity index (χ4v) is 16.8. The molecule has 8 aromatic carbocycles. The Balaban J connectivity index is 1.10. The first-order valence-corrected chi connectivity index (χ1v) is 41.9. The number of hydrogen-bond acceptors (Lipinski definition) is 34. The third-order valence-electron chi connectivity index (χ3n) is 15.0. The molecular weight excluding hydrogens is 1620 g/mol. The molecule has 0 bridgehead atoms. The Kier molecular flexibility index (Phi) is 20.5. The predicted molar refractivity (Wildman–Crippen MR) is 380 cm³/mol. The van der Waals surface area contributed by atoms with Crippen LogP contribution in [0.5, 0.6) is 0 Å². The highest BCUT2D eigenvalue weighted by molar-refractivity contribution is 7.92. The predicted octanol–water partition coefficient (Wildman–Crippen LogP) is 6.02. The second kappa shape index (κ2) is 28.3. The van der Waals surface area contributed by atoms with Crippen LogP contribution in [0.2, 0.25) is 0 Å². The first kappa shape index (κ1) is 78.1. The lowest BCUT2D eigenvalue weighted by atomic mass is 9.93. The minimum Gasteiger partial charge on any atom is -0.398 e. The Labute approximate surface area is 608 Å². The monoisotopic (exact) mass is 1660 g/mol. The summed E-state index contributed by atoms with van der Waals surface area (Å²) in [5.74, 6) is -7.29. The second-order valence-electron chi connectivity index (χ2n) is 22.2. The van der Waals surface area contributed by atoms with Gasteiger partial charge in [0.25, 0.3) is 70.8 Å². The van der Waals surface area contributed by atoms with Crippen LogP contribution in [-0.4, -0.2) is 162 Å². The van der Waals surface area contributed by atoms with Crippen LogP contribution in [0.25, 0.3) is 33.7 Å². The Morgan fingerprint density at radius 1 is 0.417 bits per heavy atom. The van der Waals surface area contributed by atoms with Crippen molar-refractivity contribution in [2.24, 2.45) is 20.4 Å². The van der Waals surface area contributed by atoms with E-state index in [2.05, 4.69) is 66.4 Å². The highest BCUT2D eigenvalue weighted by Crippen LogP contribution is 2.41. The van der Waals surface area contributed by atoms with Crippen molar-refractivity contribution in [2.45, 2.75) is 29.4 Å². The van der Waals surface area contributed by atoms with Gasteiger partial charge < -0.3 is 21.7 Å². The van der Waals surface area contributed by atoms with Crippen molar-refractivity contribution in [1.29, 1.82) is 0 Å². The van der Waals surface area contributed by atoms with Crippen LogP contribution in [0.15, 0.2) is 193 Å². The third kappa shape index (κ3) is 17.0. The van der Waals surface area contributed by atoms with Gasteiger partial charge in [-0.2, -0.15) is 97.6 Å². The van der Waals surface area contributed by atoms with Crippen LogP contribution in [0.1, 0.15) is 31.8 Å². The number of carbonyl (C=O) groups excluding carboxylic acids is 2. The molecular formula is C57H43N13O29S9. The minimum absolute atomic E-state index is 0.143. The molecule has 1 aromatic heterocycles. The Bertz CT molecular complexity index is 6450. The van der Waals surface area contributed by atoms with E-state index in [0.29, 0.717) is 42.5 Å². The van der Waals surface area contributed by atoms with Gasteiger partial charge in [0, 0.05) is 10.8 Å². The number of nitrogens with two attached hydrogens (primary N) is 1. The number of fused-ring (bicyclic) bond motifs is 4. The molecule has 564 valence electrons. The van der Waals surface area contributed by atoms with E-state index in [1.54, 1.807) is 0 Å². The topological polar surface area (TPSA) is 687 Å².